The van der Waals surface area contributed by atoms with Crippen LogP contribution in [0.4, 0.5) is 0 Å². The molecule has 0 spiro atoms. The maximum Gasteiger partial charge on any atom is 0.256 e. The van der Waals surface area contributed by atoms with Crippen molar-refractivity contribution >= 4 is 29.1 Å². The van der Waals surface area contributed by atoms with E-state index in [-0.39, 0.29) is 11.5 Å². The number of carbonyl (C=O) groups excluding carboxylic acids is 1. The molecule has 0 radical (unpaired) electrons. The van der Waals surface area contributed by atoms with Gasteiger partial charge in [-0.2, -0.15) is 0 Å². The van der Waals surface area contributed by atoms with Crippen LogP contribution in [0.1, 0.15) is 23.7 Å². The summed E-state index contributed by atoms with van der Waals surface area (Å²) in [6.45, 7) is 2.56. The fourth-order valence-corrected chi connectivity index (χ4v) is 1.74. The van der Waals surface area contributed by atoms with Gasteiger partial charge in [-0.15, -0.1) is 0 Å². The van der Waals surface area contributed by atoms with Gasteiger partial charge < -0.3 is 10.1 Å². The summed E-state index contributed by atoms with van der Waals surface area (Å²) >= 11 is 11.9. The number of halogens is 2. The van der Waals surface area contributed by atoms with Crippen molar-refractivity contribution in [2.75, 3.05) is 13.7 Å². The van der Waals surface area contributed by atoms with Crippen molar-refractivity contribution in [3.05, 3.63) is 27.7 Å². The van der Waals surface area contributed by atoms with Gasteiger partial charge in [-0.25, -0.2) is 0 Å². The average molecular weight is 262 g/mol. The summed E-state index contributed by atoms with van der Waals surface area (Å²) in [7, 11) is 1.45. The van der Waals surface area contributed by atoms with Gasteiger partial charge in [0.2, 0.25) is 0 Å². The summed E-state index contributed by atoms with van der Waals surface area (Å²) in [6, 6.07) is 3.17. The first-order valence-corrected chi connectivity index (χ1v) is 5.67. The van der Waals surface area contributed by atoms with Gasteiger partial charge in [-0.05, 0) is 18.6 Å². The largest absolute Gasteiger partial charge is 0.494 e. The second kappa shape index (κ2) is 5.97. The number of hydrogen-bond donors (Lipinski definition) is 1. The molecule has 0 atom stereocenters. The second-order valence-electron chi connectivity index (χ2n) is 3.19. The van der Waals surface area contributed by atoms with Gasteiger partial charge >= 0.3 is 0 Å². The lowest BCUT2D eigenvalue weighted by molar-refractivity contribution is 0.0951. The Morgan fingerprint density at radius 2 is 2.00 bits per heavy atom. The van der Waals surface area contributed by atoms with Gasteiger partial charge in [0.05, 0.1) is 17.2 Å². The summed E-state index contributed by atoms with van der Waals surface area (Å²) in [5.74, 6) is 0.0361. The van der Waals surface area contributed by atoms with Crippen molar-refractivity contribution in [3.8, 4) is 5.75 Å². The van der Waals surface area contributed by atoms with Crippen LogP contribution in [0, 0.1) is 0 Å². The monoisotopic (exact) mass is 261 g/mol. The third-order valence-corrected chi connectivity index (χ3v) is 2.64. The number of benzene rings is 1. The lowest BCUT2D eigenvalue weighted by Crippen LogP contribution is -2.24. The van der Waals surface area contributed by atoms with E-state index < -0.39 is 0 Å². The highest BCUT2D eigenvalue weighted by atomic mass is 35.5. The quantitative estimate of drug-likeness (QED) is 0.905. The first-order chi connectivity index (χ1) is 7.61. The first kappa shape index (κ1) is 13.1. The number of amides is 1. The van der Waals surface area contributed by atoms with Crippen LogP contribution in [0.15, 0.2) is 12.1 Å². The Balaban J connectivity index is 3.10. The molecule has 88 valence electrons. The SMILES string of the molecule is CCCNC(=O)c1c(Cl)ccc(Cl)c1OC. The van der Waals surface area contributed by atoms with E-state index in [1.54, 1.807) is 12.1 Å². The molecule has 1 aromatic rings. The van der Waals surface area contributed by atoms with Crippen molar-refractivity contribution in [2.45, 2.75) is 13.3 Å². The molecule has 0 aromatic heterocycles. The predicted octanol–water partition coefficient (Wildman–Crippen LogP) is 3.14. The first-order valence-electron chi connectivity index (χ1n) is 4.92. The topological polar surface area (TPSA) is 38.3 Å². The number of hydrogen-bond acceptors (Lipinski definition) is 2. The van der Waals surface area contributed by atoms with Crippen LogP contribution in [0.5, 0.6) is 5.75 Å². The smallest absolute Gasteiger partial charge is 0.256 e. The van der Waals surface area contributed by atoms with Crippen molar-refractivity contribution in [2.24, 2.45) is 0 Å². The summed E-state index contributed by atoms with van der Waals surface area (Å²) in [6.07, 6.45) is 0.853. The van der Waals surface area contributed by atoms with Crippen LogP contribution in [0.25, 0.3) is 0 Å². The number of methoxy groups -OCH3 is 1. The van der Waals surface area contributed by atoms with Crippen LogP contribution < -0.4 is 10.1 Å². The van der Waals surface area contributed by atoms with Crippen molar-refractivity contribution < 1.29 is 9.53 Å². The maximum atomic E-state index is 11.8. The Morgan fingerprint density at radius 3 is 2.56 bits per heavy atom. The molecule has 3 nitrogen and oxygen atoms in total. The van der Waals surface area contributed by atoms with Crippen LogP contribution in [0.2, 0.25) is 10.0 Å². The molecule has 16 heavy (non-hydrogen) atoms. The van der Waals surface area contributed by atoms with Gasteiger partial charge in [0.25, 0.3) is 5.91 Å². The molecule has 0 aliphatic rings. The Morgan fingerprint density at radius 1 is 1.38 bits per heavy atom. The second-order valence-corrected chi connectivity index (χ2v) is 4.01. The highest BCUT2D eigenvalue weighted by Gasteiger charge is 2.18. The Kier molecular flexibility index (Phi) is 4.90. The number of ether oxygens (including phenoxy) is 1. The van der Waals surface area contributed by atoms with E-state index in [0.717, 1.165) is 6.42 Å². The molecule has 0 fully saturated rings. The minimum Gasteiger partial charge on any atom is -0.494 e. The third-order valence-electron chi connectivity index (χ3n) is 2.03. The minimum atomic E-state index is -0.272. The van der Waals surface area contributed by atoms with Crippen LogP contribution in [-0.2, 0) is 0 Å². The molecular weight excluding hydrogens is 249 g/mol. The predicted molar refractivity (Wildman–Crippen MR) is 65.6 cm³/mol. The van der Waals surface area contributed by atoms with Gasteiger partial charge in [-0.3, -0.25) is 4.79 Å². The fraction of sp³-hybridized carbons (Fsp3) is 0.364. The Labute approximate surface area is 105 Å². The minimum absolute atomic E-state index is 0.272. The summed E-state index contributed by atoms with van der Waals surface area (Å²) in [5, 5.41) is 3.43. The summed E-state index contributed by atoms with van der Waals surface area (Å²) in [4.78, 5) is 11.8. The van der Waals surface area contributed by atoms with Crippen LogP contribution in [-0.4, -0.2) is 19.6 Å². The standard InChI is InChI=1S/C11H13Cl2NO2/c1-3-6-14-11(15)9-7(12)4-5-8(13)10(9)16-2/h4-5H,3,6H2,1-2H3,(H,14,15). The summed E-state index contributed by atoms with van der Waals surface area (Å²) in [5.41, 5.74) is 0.283. The van der Waals surface area contributed by atoms with E-state index in [4.69, 9.17) is 27.9 Å². The number of rotatable bonds is 4. The van der Waals surface area contributed by atoms with E-state index in [9.17, 15) is 4.79 Å². The van der Waals surface area contributed by atoms with E-state index in [2.05, 4.69) is 5.32 Å². The van der Waals surface area contributed by atoms with Crippen LogP contribution >= 0.6 is 23.2 Å². The molecule has 1 amide bonds. The molecule has 1 aromatic carbocycles. The Bertz CT molecular complexity index is 394. The molecule has 0 aliphatic heterocycles. The molecule has 0 heterocycles. The van der Waals surface area contributed by atoms with Gasteiger partial charge in [0.1, 0.15) is 5.56 Å². The lowest BCUT2D eigenvalue weighted by atomic mass is 10.2. The molecule has 0 saturated carbocycles. The molecule has 0 saturated heterocycles. The van der Waals surface area contributed by atoms with E-state index in [1.165, 1.54) is 7.11 Å². The molecule has 0 aliphatic carbocycles. The van der Waals surface area contributed by atoms with Gasteiger partial charge in [0, 0.05) is 6.54 Å². The fourth-order valence-electron chi connectivity index (χ4n) is 1.27. The Hall–Kier alpha value is -0.930. The third kappa shape index (κ3) is 2.80. The zero-order chi connectivity index (χ0) is 12.1. The molecule has 5 heteroatoms. The molecule has 0 bridgehead atoms. The van der Waals surface area contributed by atoms with Gasteiger partial charge in [-0.1, -0.05) is 30.1 Å². The van der Waals surface area contributed by atoms with Crippen molar-refractivity contribution in [1.29, 1.82) is 0 Å². The van der Waals surface area contributed by atoms with Crippen LogP contribution in [0.3, 0.4) is 0 Å². The van der Waals surface area contributed by atoms with E-state index in [1.807, 2.05) is 6.92 Å². The van der Waals surface area contributed by atoms with Crippen molar-refractivity contribution in [1.82, 2.24) is 5.32 Å². The highest BCUT2D eigenvalue weighted by molar-refractivity contribution is 6.37. The maximum absolute atomic E-state index is 11.8. The zero-order valence-electron chi connectivity index (χ0n) is 9.14. The molecular formula is C11H13Cl2NO2. The molecule has 1 rings (SSSR count). The lowest BCUT2D eigenvalue weighted by Gasteiger charge is -2.11. The average Bonchev–Trinajstić information content (AvgIpc) is 2.28. The molecule has 1 N–H and O–H groups in total. The van der Waals surface area contributed by atoms with Gasteiger partial charge in [0.15, 0.2) is 5.75 Å². The number of nitrogens with one attached hydrogen (secondary N) is 1. The van der Waals surface area contributed by atoms with E-state index >= 15 is 0 Å². The van der Waals surface area contributed by atoms with E-state index in [0.29, 0.717) is 22.3 Å². The van der Waals surface area contributed by atoms with Crippen molar-refractivity contribution in [3.63, 3.8) is 0 Å². The number of carbonyl (C=O) groups is 1. The highest BCUT2D eigenvalue weighted by Crippen LogP contribution is 2.33. The zero-order valence-corrected chi connectivity index (χ0v) is 10.7. The molecule has 0 unspecified atom stereocenters. The summed E-state index contributed by atoms with van der Waals surface area (Å²) < 4.78 is 5.08. The normalized spacial score (nSPS) is 10.0.